The maximum atomic E-state index is 9.24. The standard InChI is InChI=1S/C32H46IN/c1-5-14-32(33)16-13-26-25(19-32)8-9-28-27(26)12-15-31(4)29(10-11-30(28)31)22(3)18-24-7-6-23(20-34)17-21(24)2/h6-7,17,22,25-30H,5,8-16,18-19H2,1-4H3/t22-,25+,26-,27+,28+,29+,30-,31+,32+/m0/s1. The number of fused-ring (bicyclic) bond motifs is 5. The van der Waals surface area contributed by atoms with E-state index in [2.05, 4.69) is 68.5 Å². The van der Waals surface area contributed by atoms with Crippen LogP contribution in [0.15, 0.2) is 18.2 Å². The van der Waals surface area contributed by atoms with Gasteiger partial charge in [-0.1, -0.05) is 55.8 Å². The highest BCUT2D eigenvalue weighted by Crippen LogP contribution is 2.66. The van der Waals surface area contributed by atoms with Gasteiger partial charge in [-0.3, -0.25) is 0 Å². The van der Waals surface area contributed by atoms with Crippen LogP contribution >= 0.6 is 22.6 Å². The van der Waals surface area contributed by atoms with Crippen molar-refractivity contribution >= 4 is 22.6 Å². The topological polar surface area (TPSA) is 23.8 Å². The third kappa shape index (κ3) is 4.39. The first-order valence-electron chi connectivity index (χ1n) is 14.5. The van der Waals surface area contributed by atoms with E-state index in [-0.39, 0.29) is 0 Å². The quantitative estimate of drug-likeness (QED) is 0.255. The zero-order chi connectivity index (χ0) is 24.1. The fourth-order valence-corrected chi connectivity index (χ4v) is 11.5. The molecular formula is C32H46IN. The van der Waals surface area contributed by atoms with Crippen LogP contribution in [-0.2, 0) is 6.42 Å². The number of hydrogen-bond donors (Lipinski definition) is 0. The molecule has 4 saturated carbocycles. The van der Waals surface area contributed by atoms with Crippen LogP contribution in [0, 0.1) is 65.1 Å². The van der Waals surface area contributed by atoms with Crippen molar-refractivity contribution in [2.75, 3.05) is 0 Å². The van der Waals surface area contributed by atoms with Gasteiger partial charge >= 0.3 is 0 Å². The molecule has 1 aromatic rings. The number of aryl methyl sites for hydroxylation is 1. The van der Waals surface area contributed by atoms with Crippen molar-refractivity contribution in [3.05, 3.63) is 34.9 Å². The molecule has 0 N–H and O–H groups in total. The summed E-state index contributed by atoms with van der Waals surface area (Å²) in [5.41, 5.74) is 4.12. The summed E-state index contributed by atoms with van der Waals surface area (Å²) < 4.78 is 0.612. The van der Waals surface area contributed by atoms with Gasteiger partial charge in [0, 0.05) is 3.42 Å². The van der Waals surface area contributed by atoms with Gasteiger partial charge in [-0.05, 0) is 148 Å². The summed E-state index contributed by atoms with van der Waals surface area (Å²) in [4.78, 5) is 0. The van der Waals surface area contributed by atoms with Crippen LogP contribution in [0.1, 0.15) is 108 Å². The van der Waals surface area contributed by atoms with Crippen molar-refractivity contribution in [2.45, 2.75) is 108 Å². The van der Waals surface area contributed by atoms with Gasteiger partial charge in [0.2, 0.25) is 0 Å². The molecule has 5 rings (SSSR count). The lowest BCUT2D eigenvalue weighted by Crippen LogP contribution is -2.50. The Morgan fingerprint density at radius 1 is 1.06 bits per heavy atom. The minimum atomic E-state index is 0.553. The average molecular weight is 572 g/mol. The normalized spacial score (nSPS) is 42.2. The summed E-state index contributed by atoms with van der Waals surface area (Å²) in [6.45, 7) is 9.82. The summed E-state index contributed by atoms with van der Waals surface area (Å²) in [5, 5.41) is 9.24. The molecule has 186 valence electrons. The molecule has 0 aliphatic heterocycles. The van der Waals surface area contributed by atoms with Gasteiger partial charge in [0.1, 0.15) is 0 Å². The van der Waals surface area contributed by atoms with Gasteiger partial charge in [-0.2, -0.15) is 5.26 Å². The smallest absolute Gasteiger partial charge is 0.0991 e. The lowest BCUT2D eigenvalue weighted by atomic mass is 9.48. The Morgan fingerprint density at radius 2 is 1.85 bits per heavy atom. The van der Waals surface area contributed by atoms with Crippen molar-refractivity contribution < 1.29 is 0 Å². The molecule has 4 aliphatic rings. The number of benzene rings is 1. The predicted molar refractivity (Wildman–Crippen MR) is 151 cm³/mol. The second-order valence-corrected chi connectivity index (χ2v) is 15.5. The van der Waals surface area contributed by atoms with Crippen LogP contribution < -0.4 is 0 Å². The van der Waals surface area contributed by atoms with Crippen molar-refractivity contribution in [2.24, 2.45) is 46.8 Å². The number of alkyl halides is 1. The molecule has 1 nitrogen and oxygen atoms in total. The minimum Gasteiger partial charge on any atom is -0.192 e. The molecule has 0 radical (unpaired) electrons. The zero-order valence-electron chi connectivity index (χ0n) is 22.1. The first-order chi connectivity index (χ1) is 16.3. The zero-order valence-corrected chi connectivity index (χ0v) is 24.2. The number of nitriles is 1. The van der Waals surface area contributed by atoms with E-state index in [0.29, 0.717) is 8.84 Å². The Hall–Kier alpha value is -0.560. The average Bonchev–Trinajstić information content (AvgIpc) is 3.17. The molecule has 2 heteroatoms. The Kier molecular flexibility index (Phi) is 7.18. The monoisotopic (exact) mass is 571 g/mol. The highest BCUT2D eigenvalue weighted by molar-refractivity contribution is 14.1. The number of nitrogens with zero attached hydrogens (tertiary/aromatic N) is 1. The van der Waals surface area contributed by atoms with Crippen molar-refractivity contribution in [3.8, 4) is 6.07 Å². The van der Waals surface area contributed by atoms with Gasteiger partial charge in [0.15, 0.2) is 0 Å². The molecule has 0 heterocycles. The number of hydrogen-bond acceptors (Lipinski definition) is 1. The predicted octanol–water partition coefficient (Wildman–Crippen LogP) is 9.29. The Morgan fingerprint density at radius 3 is 2.59 bits per heavy atom. The van der Waals surface area contributed by atoms with Gasteiger partial charge in [-0.25, -0.2) is 0 Å². The van der Waals surface area contributed by atoms with E-state index >= 15 is 0 Å². The van der Waals surface area contributed by atoms with E-state index in [9.17, 15) is 5.26 Å². The molecule has 9 atom stereocenters. The maximum Gasteiger partial charge on any atom is 0.0991 e. The summed E-state index contributed by atoms with van der Waals surface area (Å²) in [6.07, 6.45) is 17.5. The van der Waals surface area contributed by atoms with Crippen LogP contribution in [0.5, 0.6) is 0 Å². The van der Waals surface area contributed by atoms with Gasteiger partial charge in [0.05, 0.1) is 11.6 Å². The van der Waals surface area contributed by atoms with E-state index in [1.807, 2.05) is 6.07 Å². The fourth-order valence-electron chi connectivity index (χ4n) is 10.1. The highest BCUT2D eigenvalue weighted by atomic mass is 127. The van der Waals surface area contributed by atoms with E-state index < -0.39 is 0 Å². The summed E-state index contributed by atoms with van der Waals surface area (Å²) in [7, 11) is 0. The fraction of sp³-hybridized carbons (Fsp3) is 0.781. The van der Waals surface area contributed by atoms with E-state index in [0.717, 1.165) is 47.0 Å². The van der Waals surface area contributed by atoms with Crippen LogP contribution in [0.4, 0.5) is 0 Å². The first-order valence-corrected chi connectivity index (χ1v) is 15.5. The van der Waals surface area contributed by atoms with Gasteiger partial charge < -0.3 is 0 Å². The van der Waals surface area contributed by atoms with Crippen LogP contribution in [-0.4, -0.2) is 3.42 Å². The van der Waals surface area contributed by atoms with Crippen LogP contribution in [0.2, 0.25) is 0 Å². The van der Waals surface area contributed by atoms with Gasteiger partial charge in [-0.15, -0.1) is 0 Å². The van der Waals surface area contributed by atoms with E-state index in [1.54, 1.807) is 0 Å². The maximum absolute atomic E-state index is 9.24. The lowest BCUT2D eigenvalue weighted by Gasteiger charge is -2.57. The second kappa shape index (κ2) is 9.72. The van der Waals surface area contributed by atoms with Gasteiger partial charge in [0.25, 0.3) is 0 Å². The molecule has 4 aliphatic carbocycles. The molecule has 0 spiro atoms. The first kappa shape index (κ1) is 25.1. The SMILES string of the molecule is CCC[C@@]1(I)CC[C@H]2[C@H](CC[C@@H]3[C@@H]2CC[C@]2(C)[C@@H]([C@@H](C)Cc4ccc(C#N)cc4C)CC[C@@H]32)C1. The van der Waals surface area contributed by atoms with Crippen molar-refractivity contribution in [3.63, 3.8) is 0 Å². The summed E-state index contributed by atoms with van der Waals surface area (Å²) in [5.74, 6) is 6.70. The molecule has 4 fully saturated rings. The Bertz CT molecular complexity index is 931. The van der Waals surface area contributed by atoms with Crippen LogP contribution in [0.3, 0.4) is 0 Å². The lowest BCUT2D eigenvalue weighted by molar-refractivity contribution is -0.0710. The number of rotatable bonds is 5. The van der Waals surface area contributed by atoms with Crippen molar-refractivity contribution in [1.82, 2.24) is 0 Å². The molecule has 1 aromatic carbocycles. The molecule has 34 heavy (non-hydrogen) atoms. The molecule has 0 aromatic heterocycles. The van der Waals surface area contributed by atoms with Crippen molar-refractivity contribution in [1.29, 1.82) is 5.26 Å². The second-order valence-electron chi connectivity index (χ2n) is 13.2. The molecule has 0 unspecified atom stereocenters. The highest BCUT2D eigenvalue weighted by Gasteiger charge is 2.58. The Balaban J connectivity index is 1.28. The third-order valence-electron chi connectivity index (χ3n) is 11.5. The minimum absolute atomic E-state index is 0.553. The Labute approximate surface area is 223 Å². The number of halogens is 1. The summed E-state index contributed by atoms with van der Waals surface area (Å²) >= 11 is 2.86. The third-order valence-corrected chi connectivity index (χ3v) is 13.1. The van der Waals surface area contributed by atoms with Crippen LogP contribution in [0.25, 0.3) is 0 Å². The summed E-state index contributed by atoms with van der Waals surface area (Å²) in [6, 6.07) is 8.64. The van der Waals surface area contributed by atoms with E-state index in [1.165, 1.54) is 88.2 Å². The molecule has 0 amide bonds. The largest absolute Gasteiger partial charge is 0.192 e. The molecule has 0 bridgehead atoms. The van der Waals surface area contributed by atoms with E-state index in [4.69, 9.17) is 0 Å². The molecule has 0 saturated heterocycles. The molecular weight excluding hydrogens is 525 g/mol.